The van der Waals surface area contributed by atoms with Gasteiger partial charge in [0.1, 0.15) is 11.9 Å². The molecule has 0 unspecified atom stereocenters. The molecule has 0 saturated heterocycles. The lowest BCUT2D eigenvalue weighted by Crippen LogP contribution is -2.17. The Labute approximate surface area is 156 Å². The Bertz CT molecular complexity index is 985. The monoisotopic (exact) mass is 364 g/mol. The number of rotatable bonds is 4. The largest absolute Gasteiger partial charge is 0.326 e. The molecule has 0 atom stereocenters. The van der Waals surface area contributed by atoms with Crippen molar-refractivity contribution < 1.29 is 4.79 Å². The van der Waals surface area contributed by atoms with E-state index in [2.05, 4.69) is 16.4 Å². The first-order valence-electron chi connectivity index (χ1n) is 8.07. The highest BCUT2D eigenvalue weighted by Gasteiger charge is 2.20. The van der Waals surface area contributed by atoms with E-state index in [1.54, 1.807) is 36.7 Å². The van der Waals surface area contributed by atoms with Gasteiger partial charge in [-0.1, -0.05) is 17.7 Å². The molecule has 3 rings (SSSR count). The summed E-state index contributed by atoms with van der Waals surface area (Å²) in [6.45, 7) is 4.33. The van der Waals surface area contributed by atoms with Gasteiger partial charge in [-0.2, -0.15) is 5.26 Å². The van der Waals surface area contributed by atoms with Crippen molar-refractivity contribution in [1.82, 2.24) is 9.55 Å². The van der Waals surface area contributed by atoms with E-state index < -0.39 is 0 Å². The van der Waals surface area contributed by atoms with Crippen molar-refractivity contribution in [2.45, 2.75) is 20.4 Å². The van der Waals surface area contributed by atoms with Gasteiger partial charge in [0.2, 0.25) is 0 Å². The lowest BCUT2D eigenvalue weighted by molar-refractivity contribution is 0.102. The number of anilines is 1. The van der Waals surface area contributed by atoms with Gasteiger partial charge in [-0.25, -0.2) is 0 Å². The van der Waals surface area contributed by atoms with Gasteiger partial charge in [0.05, 0.1) is 12.1 Å². The van der Waals surface area contributed by atoms with Gasteiger partial charge in [-0.15, -0.1) is 0 Å². The molecule has 26 heavy (non-hydrogen) atoms. The van der Waals surface area contributed by atoms with Crippen LogP contribution in [0.4, 0.5) is 5.82 Å². The van der Waals surface area contributed by atoms with E-state index in [0.29, 0.717) is 28.5 Å². The third-order valence-corrected chi connectivity index (χ3v) is 4.59. The summed E-state index contributed by atoms with van der Waals surface area (Å²) in [5, 5.41) is 13.0. The summed E-state index contributed by atoms with van der Waals surface area (Å²) in [6.07, 6.45) is 3.48. The van der Waals surface area contributed by atoms with Crippen molar-refractivity contribution in [2.24, 2.45) is 0 Å². The number of carbonyl (C=O) groups excluding carboxylic acids is 1. The maximum absolute atomic E-state index is 12.6. The summed E-state index contributed by atoms with van der Waals surface area (Å²) < 4.78 is 1.93. The van der Waals surface area contributed by atoms with Crippen LogP contribution in [0.1, 0.15) is 32.7 Å². The molecule has 1 aromatic carbocycles. The summed E-state index contributed by atoms with van der Waals surface area (Å²) in [4.78, 5) is 16.8. The molecule has 5 nitrogen and oxygen atoms in total. The van der Waals surface area contributed by atoms with Crippen LogP contribution in [0.25, 0.3) is 0 Å². The number of halogens is 1. The van der Waals surface area contributed by atoms with Crippen LogP contribution in [0.15, 0.2) is 48.8 Å². The Morgan fingerprint density at radius 1 is 1.27 bits per heavy atom. The molecule has 3 aromatic rings. The smallest absolute Gasteiger partial charge is 0.256 e. The molecule has 2 aromatic heterocycles. The van der Waals surface area contributed by atoms with Gasteiger partial charge in [-0.3, -0.25) is 9.78 Å². The maximum atomic E-state index is 12.6. The molecule has 0 spiro atoms. The highest BCUT2D eigenvalue weighted by molar-refractivity contribution is 6.30. The zero-order valence-electron chi connectivity index (χ0n) is 14.5. The minimum atomic E-state index is -0.289. The number of nitrogens with zero attached hydrogens (tertiary/aromatic N) is 3. The summed E-state index contributed by atoms with van der Waals surface area (Å²) in [6, 6.07) is 12.6. The molecule has 0 aliphatic heterocycles. The Balaban J connectivity index is 1.99. The van der Waals surface area contributed by atoms with Gasteiger partial charge in [0.15, 0.2) is 0 Å². The summed E-state index contributed by atoms with van der Waals surface area (Å²) in [5.74, 6) is 0.203. The van der Waals surface area contributed by atoms with Crippen LogP contribution < -0.4 is 5.32 Å². The number of nitriles is 1. The van der Waals surface area contributed by atoms with E-state index in [4.69, 9.17) is 11.6 Å². The van der Waals surface area contributed by atoms with E-state index in [1.807, 2.05) is 30.5 Å². The zero-order valence-corrected chi connectivity index (χ0v) is 15.2. The number of carbonyl (C=O) groups is 1. The van der Waals surface area contributed by atoms with Crippen molar-refractivity contribution in [2.75, 3.05) is 5.32 Å². The maximum Gasteiger partial charge on any atom is 0.256 e. The van der Waals surface area contributed by atoms with Crippen LogP contribution >= 0.6 is 11.6 Å². The van der Waals surface area contributed by atoms with Gasteiger partial charge in [-0.05, 0) is 55.3 Å². The average Bonchev–Trinajstić information content (AvgIpc) is 2.87. The topological polar surface area (TPSA) is 70.7 Å². The van der Waals surface area contributed by atoms with Gasteiger partial charge in [0, 0.05) is 28.7 Å². The molecular formula is C20H17ClN4O. The van der Waals surface area contributed by atoms with Crippen molar-refractivity contribution in [1.29, 1.82) is 5.26 Å². The zero-order chi connectivity index (χ0) is 18.7. The van der Waals surface area contributed by atoms with Crippen LogP contribution in [0.5, 0.6) is 0 Å². The molecule has 0 saturated carbocycles. The van der Waals surface area contributed by atoms with Crippen molar-refractivity contribution in [3.63, 3.8) is 0 Å². The first kappa shape index (κ1) is 17.7. The fraction of sp³-hybridized carbons (Fsp3) is 0.150. The van der Waals surface area contributed by atoms with Crippen LogP contribution in [0.3, 0.4) is 0 Å². The van der Waals surface area contributed by atoms with Crippen molar-refractivity contribution in [3.8, 4) is 6.07 Å². The quantitative estimate of drug-likeness (QED) is 0.749. The van der Waals surface area contributed by atoms with Crippen LogP contribution in [-0.4, -0.2) is 15.5 Å². The van der Waals surface area contributed by atoms with Gasteiger partial charge >= 0.3 is 0 Å². The molecule has 0 radical (unpaired) electrons. The molecule has 130 valence electrons. The molecule has 2 heterocycles. The van der Waals surface area contributed by atoms with Gasteiger partial charge < -0.3 is 9.88 Å². The number of hydrogen-bond acceptors (Lipinski definition) is 3. The van der Waals surface area contributed by atoms with Crippen molar-refractivity contribution in [3.05, 3.63) is 81.8 Å². The Morgan fingerprint density at radius 2 is 2.00 bits per heavy atom. The lowest BCUT2D eigenvalue weighted by Gasteiger charge is -2.13. The molecular weight excluding hydrogens is 348 g/mol. The van der Waals surface area contributed by atoms with Crippen LogP contribution in [0, 0.1) is 25.2 Å². The second-order valence-electron chi connectivity index (χ2n) is 5.95. The first-order valence-corrected chi connectivity index (χ1v) is 8.44. The Hall–Kier alpha value is -3.10. The number of benzene rings is 1. The van der Waals surface area contributed by atoms with Crippen LogP contribution in [-0.2, 0) is 6.54 Å². The molecule has 1 amide bonds. The Morgan fingerprint density at radius 3 is 2.62 bits per heavy atom. The van der Waals surface area contributed by atoms with E-state index in [0.717, 1.165) is 16.8 Å². The molecule has 0 bridgehead atoms. The van der Waals surface area contributed by atoms with Gasteiger partial charge in [0.25, 0.3) is 5.91 Å². The number of aromatic nitrogens is 2. The standard InChI is InChI=1S/C20H17ClN4O/c1-13-14(2)25(12-15-4-3-9-23-11-15)19(18(13)10-22)24-20(26)16-5-7-17(21)8-6-16/h3-9,11H,12H2,1-2H3,(H,24,26). The molecule has 1 N–H and O–H groups in total. The second-order valence-corrected chi connectivity index (χ2v) is 6.39. The van der Waals surface area contributed by atoms with Crippen LogP contribution in [0.2, 0.25) is 5.02 Å². The predicted molar refractivity (Wildman–Crippen MR) is 101 cm³/mol. The number of nitrogens with one attached hydrogen (secondary N) is 1. The summed E-state index contributed by atoms with van der Waals surface area (Å²) in [5.41, 5.74) is 3.70. The molecule has 0 aliphatic rings. The normalized spacial score (nSPS) is 10.4. The first-order chi connectivity index (χ1) is 12.5. The third-order valence-electron chi connectivity index (χ3n) is 4.34. The van der Waals surface area contributed by atoms with E-state index in [-0.39, 0.29) is 5.91 Å². The van der Waals surface area contributed by atoms with E-state index in [1.165, 1.54) is 0 Å². The van der Waals surface area contributed by atoms with E-state index >= 15 is 0 Å². The number of hydrogen-bond donors (Lipinski definition) is 1. The SMILES string of the molecule is Cc1c(C#N)c(NC(=O)c2ccc(Cl)cc2)n(Cc2cccnc2)c1C. The fourth-order valence-corrected chi connectivity index (χ4v) is 2.91. The molecule has 6 heteroatoms. The van der Waals surface area contributed by atoms with E-state index in [9.17, 15) is 10.1 Å². The predicted octanol–water partition coefficient (Wildman–Crippen LogP) is 4.33. The highest BCUT2D eigenvalue weighted by Crippen LogP contribution is 2.27. The molecule has 0 aliphatic carbocycles. The highest BCUT2D eigenvalue weighted by atomic mass is 35.5. The lowest BCUT2D eigenvalue weighted by atomic mass is 10.2. The minimum absolute atomic E-state index is 0.289. The average molecular weight is 365 g/mol. The third kappa shape index (κ3) is 3.46. The fourth-order valence-electron chi connectivity index (χ4n) is 2.78. The summed E-state index contributed by atoms with van der Waals surface area (Å²) in [7, 11) is 0. The Kier molecular flexibility index (Phi) is 5.06. The second kappa shape index (κ2) is 7.42. The minimum Gasteiger partial charge on any atom is -0.326 e. The number of pyridine rings is 1. The number of amides is 1. The summed E-state index contributed by atoms with van der Waals surface area (Å²) >= 11 is 5.88. The molecule has 0 fully saturated rings. The van der Waals surface area contributed by atoms with Crippen molar-refractivity contribution >= 4 is 23.3 Å².